The number of fused-ring (bicyclic) bond motifs is 1. The zero-order valence-electron chi connectivity index (χ0n) is 13.2. The number of carbonyl (C=O) groups is 1. The average Bonchev–Trinajstić information content (AvgIpc) is 2.84. The van der Waals surface area contributed by atoms with Gasteiger partial charge in [-0.1, -0.05) is 50.2 Å². The van der Waals surface area contributed by atoms with E-state index in [9.17, 15) is 15.0 Å². The zero-order valence-corrected chi connectivity index (χ0v) is 13.2. The maximum atomic E-state index is 11.8. The molecule has 0 amide bonds. The standard InChI is InChI=1S/C19H19NO3/c1-12(2)18-17(19(22)23)14-8-4-5-9-15(14)20(18)11-13-7-3-6-10-16(13)21/h3-10,12,21H,11H2,1-2H3,(H,22,23). The van der Waals surface area contributed by atoms with Crippen LogP contribution in [-0.2, 0) is 6.54 Å². The molecule has 0 aliphatic carbocycles. The monoisotopic (exact) mass is 309 g/mol. The van der Waals surface area contributed by atoms with Crippen molar-refractivity contribution in [2.24, 2.45) is 0 Å². The number of aromatic carboxylic acids is 1. The normalized spacial score (nSPS) is 11.3. The molecule has 3 rings (SSSR count). The summed E-state index contributed by atoms with van der Waals surface area (Å²) in [6.45, 7) is 4.41. The van der Waals surface area contributed by atoms with Gasteiger partial charge in [0.2, 0.25) is 0 Å². The van der Waals surface area contributed by atoms with Gasteiger partial charge in [-0.25, -0.2) is 4.79 Å². The molecular formula is C19H19NO3. The number of aromatic nitrogens is 1. The molecule has 4 nitrogen and oxygen atoms in total. The van der Waals surface area contributed by atoms with Crippen LogP contribution >= 0.6 is 0 Å². The first kappa shape index (κ1) is 15.2. The van der Waals surface area contributed by atoms with Crippen molar-refractivity contribution in [3.8, 4) is 5.75 Å². The molecule has 4 heteroatoms. The van der Waals surface area contributed by atoms with Crippen LogP contribution in [0.3, 0.4) is 0 Å². The van der Waals surface area contributed by atoms with Crippen molar-refractivity contribution in [2.45, 2.75) is 26.3 Å². The Balaban J connectivity index is 2.29. The van der Waals surface area contributed by atoms with Crippen molar-refractivity contribution >= 4 is 16.9 Å². The quantitative estimate of drug-likeness (QED) is 0.758. The number of para-hydroxylation sites is 2. The van der Waals surface area contributed by atoms with Crippen LogP contribution in [0.2, 0.25) is 0 Å². The number of phenols is 1. The third kappa shape index (κ3) is 2.57. The number of phenolic OH excluding ortho intramolecular Hbond substituents is 1. The fourth-order valence-electron chi connectivity index (χ4n) is 3.13. The summed E-state index contributed by atoms with van der Waals surface area (Å²) in [5.41, 5.74) is 2.77. The van der Waals surface area contributed by atoms with Gasteiger partial charge in [0.15, 0.2) is 0 Å². The number of hydrogen-bond donors (Lipinski definition) is 2. The predicted molar refractivity (Wildman–Crippen MR) is 90.2 cm³/mol. The molecule has 1 heterocycles. The highest BCUT2D eigenvalue weighted by Gasteiger charge is 2.24. The number of hydrogen-bond acceptors (Lipinski definition) is 2. The summed E-state index contributed by atoms with van der Waals surface area (Å²) in [6, 6.07) is 14.7. The SMILES string of the molecule is CC(C)c1c(C(=O)O)c2ccccc2n1Cc1ccccc1O. The van der Waals surface area contributed by atoms with Crippen molar-refractivity contribution in [3.05, 3.63) is 65.4 Å². The molecule has 0 saturated carbocycles. The Morgan fingerprint density at radius 2 is 1.74 bits per heavy atom. The molecule has 2 N–H and O–H groups in total. The third-order valence-electron chi connectivity index (χ3n) is 4.09. The van der Waals surface area contributed by atoms with E-state index in [1.54, 1.807) is 12.1 Å². The fourth-order valence-corrected chi connectivity index (χ4v) is 3.13. The lowest BCUT2D eigenvalue weighted by atomic mass is 10.0. The Kier molecular flexibility index (Phi) is 3.82. The minimum Gasteiger partial charge on any atom is -0.508 e. The zero-order chi connectivity index (χ0) is 16.6. The average molecular weight is 309 g/mol. The van der Waals surface area contributed by atoms with Crippen molar-refractivity contribution < 1.29 is 15.0 Å². The largest absolute Gasteiger partial charge is 0.508 e. The van der Waals surface area contributed by atoms with Gasteiger partial charge < -0.3 is 14.8 Å². The lowest BCUT2D eigenvalue weighted by Crippen LogP contribution is -2.10. The molecular weight excluding hydrogens is 290 g/mol. The van der Waals surface area contributed by atoms with E-state index in [2.05, 4.69) is 0 Å². The van der Waals surface area contributed by atoms with Gasteiger partial charge >= 0.3 is 5.97 Å². The van der Waals surface area contributed by atoms with Crippen molar-refractivity contribution in [2.75, 3.05) is 0 Å². The first-order valence-corrected chi connectivity index (χ1v) is 7.62. The van der Waals surface area contributed by atoms with Gasteiger partial charge in [0.05, 0.1) is 12.1 Å². The van der Waals surface area contributed by atoms with Crippen LogP contribution in [-0.4, -0.2) is 20.7 Å². The Hall–Kier alpha value is -2.75. The molecule has 3 aromatic rings. The molecule has 0 radical (unpaired) electrons. The van der Waals surface area contributed by atoms with Gasteiger partial charge in [-0.05, 0) is 18.1 Å². The molecule has 0 unspecified atom stereocenters. The number of aromatic hydroxyl groups is 1. The Labute approximate surface area is 134 Å². The Morgan fingerprint density at radius 1 is 1.09 bits per heavy atom. The minimum atomic E-state index is -0.916. The first-order valence-electron chi connectivity index (χ1n) is 7.62. The second-order valence-corrected chi connectivity index (χ2v) is 5.95. The van der Waals surface area contributed by atoms with E-state index in [0.717, 1.165) is 22.2 Å². The van der Waals surface area contributed by atoms with Crippen molar-refractivity contribution in [3.63, 3.8) is 0 Å². The molecule has 0 spiro atoms. The Morgan fingerprint density at radius 3 is 2.39 bits per heavy atom. The molecule has 2 aromatic carbocycles. The second kappa shape index (κ2) is 5.80. The van der Waals surface area contributed by atoms with E-state index in [0.29, 0.717) is 12.1 Å². The van der Waals surface area contributed by atoms with Crippen LogP contribution in [0.1, 0.15) is 41.4 Å². The van der Waals surface area contributed by atoms with Crippen LogP contribution in [0.4, 0.5) is 0 Å². The lowest BCUT2D eigenvalue weighted by molar-refractivity contribution is 0.0697. The molecule has 0 aliphatic rings. The highest BCUT2D eigenvalue weighted by Crippen LogP contribution is 2.33. The van der Waals surface area contributed by atoms with Crippen LogP contribution < -0.4 is 0 Å². The van der Waals surface area contributed by atoms with E-state index >= 15 is 0 Å². The van der Waals surface area contributed by atoms with Crippen LogP contribution in [0, 0.1) is 0 Å². The molecule has 118 valence electrons. The van der Waals surface area contributed by atoms with E-state index in [1.165, 1.54) is 0 Å². The van der Waals surface area contributed by atoms with Crippen LogP contribution in [0.15, 0.2) is 48.5 Å². The van der Waals surface area contributed by atoms with Gasteiger partial charge in [-0.2, -0.15) is 0 Å². The number of carboxylic acids is 1. The summed E-state index contributed by atoms with van der Waals surface area (Å²) >= 11 is 0. The Bertz CT molecular complexity index is 877. The topological polar surface area (TPSA) is 62.5 Å². The molecule has 23 heavy (non-hydrogen) atoms. The maximum Gasteiger partial charge on any atom is 0.338 e. The summed E-state index contributed by atoms with van der Waals surface area (Å²) in [4.78, 5) is 11.8. The van der Waals surface area contributed by atoms with Gasteiger partial charge in [0.25, 0.3) is 0 Å². The van der Waals surface area contributed by atoms with Gasteiger partial charge in [0, 0.05) is 22.2 Å². The highest BCUT2D eigenvalue weighted by molar-refractivity contribution is 6.05. The van der Waals surface area contributed by atoms with E-state index in [4.69, 9.17) is 0 Å². The number of benzene rings is 2. The van der Waals surface area contributed by atoms with Gasteiger partial charge in [0.1, 0.15) is 5.75 Å². The summed E-state index contributed by atoms with van der Waals surface area (Å²) in [7, 11) is 0. The van der Waals surface area contributed by atoms with Crippen molar-refractivity contribution in [1.82, 2.24) is 4.57 Å². The van der Waals surface area contributed by atoms with E-state index in [1.807, 2.05) is 54.8 Å². The number of rotatable bonds is 4. The summed E-state index contributed by atoms with van der Waals surface area (Å²) in [6.07, 6.45) is 0. The first-order chi connectivity index (χ1) is 11.0. The minimum absolute atomic E-state index is 0.0550. The van der Waals surface area contributed by atoms with Crippen molar-refractivity contribution in [1.29, 1.82) is 0 Å². The molecule has 0 saturated heterocycles. The smallest absolute Gasteiger partial charge is 0.338 e. The predicted octanol–water partition coefficient (Wildman–Crippen LogP) is 4.22. The third-order valence-corrected chi connectivity index (χ3v) is 4.09. The van der Waals surface area contributed by atoms with E-state index < -0.39 is 5.97 Å². The second-order valence-electron chi connectivity index (χ2n) is 5.95. The summed E-state index contributed by atoms with van der Waals surface area (Å²) in [5.74, 6) is -0.642. The lowest BCUT2D eigenvalue weighted by Gasteiger charge is -2.15. The molecule has 0 atom stereocenters. The molecule has 1 aromatic heterocycles. The number of carboxylic acid groups (broad SMARTS) is 1. The number of nitrogens with zero attached hydrogens (tertiary/aromatic N) is 1. The van der Waals surface area contributed by atoms with Gasteiger partial charge in [-0.15, -0.1) is 0 Å². The maximum absolute atomic E-state index is 11.8. The van der Waals surface area contributed by atoms with Crippen LogP contribution in [0.25, 0.3) is 10.9 Å². The highest BCUT2D eigenvalue weighted by atomic mass is 16.4. The van der Waals surface area contributed by atoms with E-state index in [-0.39, 0.29) is 11.7 Å². The summed E-state index contributed by atoms with van der Waals surface area (Å²) in [5, 5.41) is 20.5. The summed E-state index contributed by atoms with van der Waals surface area (Å²) < 4.78 is 2.00. The fraction of sp³-hybridized carbons (Fsp3) is 0.211. The molecule has 0 bridgehead atoms. The molecule has 0 aliphatic heterocycles. The molecule has 0 fully saturated rings. The van der Waals surface area contributed by atoms with Crippen LogP contribution in [0.5, 0.6) is 5.75 Å². The van der Waals surface area contributed by atoms with Gasteiger partial charge in [-0.3, -0.25) is 0 Å².